The van der Waals surface area contributed by atoms with E-state index in [9.17, 15) is 26.4 Å². The molecule has 1 aromatic heterocycles. The quantitative estimate of drug-likeness (QED) is 0.572. The van der Waals surface area contributed by atoms with Crippen molar-refractivity contribution in [2.75, 3.05) is 6.54 Å². The summed E-state index contributed by atoms with van der Waals surface area (Å²) in [6.07, 6.45) is -1.74. The van der Waals surface area contributed by atoms with Crippen molar-refractivity contribution in [2.24, 2.45) is 0 Å². The van der Waals surface area contributed by atoms with Crippen molar-refractivity contribution in [2.45, 2.75) is 24.0 Å². The van der Waals surface area contributed by atoms with Gasteiger partial charge in [-0.2, -0.15) is 18.3 Å². The standard InChI is InChI=1S/C19H18F3N5O3S/c1-13(14-5-7-16(8-6-14)27-12-23-11-24-27)26-18(28)10-25-31(29,30)17-4-2-3-15(9-17)19(20,21)22/h2-9,11-13,25H,10H2,1H3,(H,26,28). The number of rotatable bonds is 7. The van der Waals surface area contributed by atoms with Crippen molar-refractivity contribution in [1.82, 2.24) is 24.8 Å². The van der Waals surface area contributed by atoms with Crippen LogP contribution in [0.2, 0.25) is 0 Å². The van der Waals surface area contributed by atoms with Gasteiger partial charge in [0.05, 0.1) is 28.7 Å². The average molecular weight is 453 g/mol. The van der Waals surface area contributed by atoms with Crippen LogP contribution >= 0.6 is 0 Å². The number of aromatic nitrogens is 3. The molecule has 0 saturated carbocycles. The topological polar surface area (TPSA) is 106 Å². The molecule has 0 spiro atoms. The average Bonchev–Trinajstić information content (AvgIpc) is 3.27. The van der Waals surface area contributed by atoms with E-state index in [0.29, 0.717) is 6.07 Å². The molecule has 0 saturated heterocycles. The molecule has 0 bridgehead atoms. The Morgan fingerprint density at radius 3 is 2.48 bits per heavy atom. The zero-order chi connectivity index (χ0) is 22.6. The molecule has 0 aliphatic heterocycles. The van der Waals surface area contributed by atoms with E-state index in [1.165, 1.54) is 12.7 Å². The molecule has 3 rings (SSSR count). The Bertz CT molecular complexity index is 1150. The van der Waals surface area contributed by atoms with Crippen LogP contribution in [0.4, 0.5) is 13.2 Å². The molecule has 2 N–H and O–H groups in total. The zero-order valence-electron chi connectivity index (χ0n) is 16.2. The lowest BCUT2D eigenvalue weighted by molar-refractivity contribution is -0.137. The van der Waals surface area contributed by atoms with Crippen LogP contribution in [0.3, 0.4) is 0 Å². The summed E-state index contributed by atoms with van der Waals surface area (Å²) in [5, 5.41) is 6.64. The Hall–Kier alpha value is -3.25. The molecule has 1 unspecified atom stereocenters. The summed E-state index contributed by atoms with van der Waals surface area (Å²) >= 11 is 0. The Kier molecular flexibility index (Phi) is 6.41. The molecular weight excluding hydrogens is 435 g/mol. The summed E-state index contributed by atoms with van der Waals surface area (Å²) in [5.41, 5.74) is 0.439. The number of carbonyl (C=O) groups is 1. The Labute approximate surface area is 176 Å². The number of carbonyl (C=O) groups excluding carboxylic acids is 1. The van der Waals surface area contributed by atoms with Crippen LogP contribution in [-0.2, 0) is 21.0 Å². The molecule has 0 radical (unpaired) electrons. The molecular formula is C19H18F3N5O3S. The number of hydrogen-bond acceptors (Lipinski definition) is 5. The Balaban J connectivity index is 1.59. The van der Waals surface area contributed by atoms with Gasteiger partial charge in [0.1, 0.15) is 12.7 Å². The molecule has 0 aliphatic carbocycles. The number of hydrogen-bond donors (Lipinski definition) is 2. The normalized spacial score (nSPS) is 13.0. The first-order chi connectivity index (χ1) is 14.6. The molecule has 2 aromatic carbocycles. The van der Waals surface area contributed by atoms with Crippen LogP contribution in [0, 0.1) is 0 Å². The third-order valence-corrected chi connectivity index (χ3v) is 5.75. The van der Waals surface area contributed by atoms with E-state index in [1.54, 1.807) is 35.9 Å². The van der Waals surface area contributed by atoms with E-state index in [4.69, 9.17) is 0 Å². The predicted octanol–water partition coefficient (Wildman–Crippen LogP) is 2.44. The Morgan fingerprint density at radius 2 is 1.87 bits per heavy atom. The zero-order valence-corrected chi connectivity index (χ0v) is 17.0. The highest BCUT2D eigenvalue weighted by atomic mass is 32.2. The lowest BCUT2D eigenvalue weighted by atomic mass is 10.1. The predicted molar refractivity (Wildman–Crippen MR) is 105 cm³/mol. The van der Waals surface area contributed by atoms with Crippen LogP contribution < -0.4 is 10.0 Å². The molecule has 3 aromatic rings. The monoisotopic (exact) mass is 453 g/mol. The third-order valence-electron chi connectivity index (χ3n) is 4.35. The smallest absolute Gasteiger partial charge is 0.348 e. The van der Waals surface area contributed by atoms with E-state index in [-0.39, 0.29) is 0 Å². The van der Waals surface area contributed by atoms with Gasteiger partial charge in [0.25, 0.3) is 0 Å². The minimum absolute atomic E-state index is 0.435. The van der Waals surface area contributed by atoms with Crippen molar-refractivity contribution in [3.8, 4) is 5.69 Å². The van der Waals surface area contributed by atoms with Gasteiger partial charge in [0, 0.05) is 0 Å². The number of nitrogens with zero attached hydrogens (tertiary/aromatic N) is 3. The minimum atomic E-state index is -4.68. The van der Waals surface area contributed by atoms with Gasteiger partial charge in [-0.15, -0.1) is 0 Å². The second-order valence-electron chi connectivity index (χ2n) is 6.57. The van der Waals surface area contributed by atoms with E-state index in [2.05, 4.69) is 15.4 Å². The molecule has 0 aliphatic rings. The molecule has 1 amide bonds. The highest BCUT2D eigenvalue weighted by molar-refractivity contribution is 7.89. The van der Waals surface area contributed by atoms with E-state index >= 15 is 0 Å². The first kappa shape index (κ1) is 22.4. The van der Waals surface area contributed by atoms with Crippen molar-refractivity contribution < 1.29 is 26.4 Å². The fraction of sp³-hybridized carbons (Fsp3) is 0.211. The van der Waals surface area contributed by atoms with Crippen LogP contribution in [0.15, 0.2) is 66.1 Å². The van der Waals surface area contributed by atoms with Crippen LogP contribution in [0.1, 0.15) is 24.1 Å². The van der Waals surface area contributed by atoms with Gasteiger partial charge >= 0.3 is 6.18 Å². The number of amides is 1. The fourth-order valence-electron chi connectivity index (χ4n) is 2.72. The molecule has 1 heterocycles. The van der Waals surface area contributed by atoms with Gasteiger partial charge < -0.3 is 5.32 Å². The van der Waals surface area contributed by atoms with Crippen LogP contribution in [0.5, 0.6) is 0 Å². The number of alkyl halides is 3. The number of sulfonamides is 1. The summed E-state index contributed by atoms with van der Waals surface area (Å²) in [4.78, 5) is 15.4. The first-order valence-electron chi connectivity index (χ1n) is 8.97. The third kappa shape index (κ3) is 5.67. The van der Waals surface area contributed by atoms with Gasteiger partial charge in [-0.05, 0) is 42.8 Å². The van der Waals surface area contributed by atoms with Crippen molar-refractivity contribution in [3.05, 3.63) is 72.3 Å². The van der Waals surface area contributed by atoms with Gasteiger partial charge in [-0.3, -0.25) is 4.79 Å². The highest BCUT2D eigenvalue weighted by Gasteiger charge is 2.31. The summed E-state index contributed by atoms with van der Waals surface area (Å²) in [5.74, 6) is -0.636. The highest BCUT2D eigenvalue weighted by Crippen LogP contribution is 2.30. The lowest BCUT2D eigenvalue weighted by Crippen LogP contribution is -2.38. The maximum absolute atomic E-state index is 12.8. The second kappa shape index (κ2) is 8.86. The second-order valence-corrected chi connectivity index (χ2v) is 8.34. The summed E-state index contributed by atoms with van der Waals surface area (Å²) in [7, 11) is -4.30. The SMILES string of the molecule is CC(NC(=O)CNS(=O)(=O)c1cccc(C(F)(F)F)c1)c1ccc(-n2cncn2)cc1. The molecule has 12 heteroatoms. The maximum Gasteiger partial charge on any atom is 0.416 e. The van der Waals surface area contributed by atoms with Gasteiger partial charge in [-0.1, -0.05) is 18.2 Å². The van der Waals surface area contributed by atoms with Gasteiger partial charge in [0.15, 0.2) is 0 Å². The number of nitrogens with one attached hydrogen (secondary N) is 2. The van der Waals surface area contributed by atoms with Crippen molar-refractivity contribution in [1.29, 1.82) is 0 Å². The molecule has 8 nitrogen and oxygen atoms in total. The minimum Gasteiger partial charge on any atom is -0.348 e. The fourth-order valence-corrected chi connectivity index (χ4v) is 3.74. The summed E-state index contributed by atoms with van der Waals surface area (Å²) in [6, 6.07) is 9.96. The number of benzene rings is 2. The van der Waals surface area contributed by atoms with Crippen molar-refractivity contribution in [3.63, 3.8) is 0 Å². The van der Waals surface area contributed by atoms with Crippen molar-refractivity contribution >= 4 is 15.9 Å². The van der Waals surface area contributed by atoms with Crippen LogP contribution in [-0.4, -0.2) is 35.6 Å². The van der Waals surface area contributed by atoms with Gasteiger partial charge in [0.2, 0.25) is 15.9 Å². The first-order valence-corrected chi connectivity index (χ1v) is 10.5. The molecule has 1 atom stereocenters. The molecule has 0 fully saturated rings. The van der Waals surface area contributed by atoms with E-state index in [1.807, 2.05) is 4.72 Å². The summed E-state index contributed by atoms with van der Waals surface area (Å²) < 4.78 is 66.5. The lowest BCUT2D eigenvalue weighted by Gasteiger charge is -2.15. The van der Waals surface area contributed by atoms with E-state index < -0.39 is 45.2 Å². The molecule has 164 valence electrons. The van der Waals surface area contributed by atoms with Gasteiger partial charge in [-0.25, -0.2) is 22.8 Å². The maximum atomic E-state index is 12.8. The number of halogens is 3. The Morgan fingerprint density at radius 1 is 1.16 bits per heavy atom. The van der Waals surface area contributed by atoms with E-state index in [0.717, 1.165) is 29.4 Å². The largest absolute Gasteiger partial charge is 0.416 e. The van der Waals surface area contributed by atoms with Crippen LogP contribution in [0.25, 0.3) is 5.69 Å². The summed E-state index contributed by atoms with van der Waals surface area (Å²) in [6.45, 7) is 1.09. The molecule has 31 heavy (non-hydrogen) atoms.